The molecule has 8 nitrogen and oxygen atoms in total. The lowest BCUT2D eigenvalue weighted by Crippen LogP contribution is -2.25. The first-order valence-corrected chi connectivity index (χ1v) is 10.6. The number of nitrogens with zero attached hydrogens (tertiary/aromatic N) is 2. The predicted molar refractivity (Wildman–Crippen MR) is 119 cm³/mol. The van der Waals surface area contributed by atoms with Gasteiger partial charge >= 0.3 is 11.9 Å². The number of hydrazone groups is 1. The maximum absolute atomic E-state index is 12.4. The zero-order valence-corrected chi connectivity index (χ0v) is 18.7. The second-order valence-corrected chi connectivity index (χ2v) is 8.30. The van der Waals surface area contributed by atoms with Crippen molar-refractivity contribution >= 4 is 45.2 Å². The van der Waals surface area contributed by atoms with Crippen LogP contribution < -0.4 is 9.47 Å². The number of benzene rings is 2. The molecule has 0 unspecified atom stereocenters. The van der Waals surface area contributed by atoms with Crippen molar-refractivity contribution in [2.45, 2.75) is 33.9 Å². The lowest BCUT2D eigenvalue weighted by atomic mass is 10.1. The Kier molecular flexibility index (Phi) is 5.67. The van der Waals surface area contributed by atoms with Crippen molar-refractivity contribution in [2.75, 3.05) is 0 Å². The van der Waals surface area contributed by atoms with Gasteiger partial charge in [-0.3, -0.25) is 14.4 Å². The van der Waals surface area contributed by atoms with Crippen LogP contribution in [-0.4, -0.2) is 28.8 Å². The van der Waals surface area contributed by atoms with Crippen molar-refractivity contribution in [2.24, 2.45) is 5.10 Å². The van der Waals surface area contributed by atoms with Gasteiger partial charge in [0.2, 0.25) is 18.0 Å². The Labute approximate surface area is 188 Å². The van der Waals surface area contributed by atoms with Crippen LogP contribution in [0.15, 0.2) is 47.6 Å². The van der Waals surface area contributed by atoms with Crippen molar-refractivity contribution in [3.05, 3.63) is 58.5 Å². The molecule has 32 heavy (non-hydrogen) atoms. The number of esters is 2. The Morgan fingerprint density at radius 3 is 2.44 bits per heavy atom. The zero-order chi connectivity index (χ0) is 23.0. The summed E-state index contributed by atoms with van der Waals surface area (Å²) in [4.78, 5) is 36.3. The maximum Gasteiger partial charge on any atom is 0.308 e. The summed E-state index contributed by atoms with van der Waals surface area (Å²) >= 11 is 1.34. The molecule has 1 aliphatic rings. The standard InChI is InChI=1S/C23H20N2O6S/c1-12-9-10-18(29-14(3)27)17(11-12)22-24-25(13(2)26)23(31-22)21-20(30-15(4)28)16-7-5-6-8-19(16)32-21/h5-11,23H,1-4H3/t23-/m0/s1. The summed E-state index contributed by atoms with van der Waals surface area (Å²) in [7, 11) is 0. The molecule has 0 fully saturated rings. The first-order valence-electron chi connectivity index (χ1n) is 9.79. The van der Waals surface area contributed by atoms with Gasteiger partial charge in [-0.25, -0.2) is 0 Å². The third kappa shape index (κ3) is 4.06. The van der Waals surface area contributed by atoms with E-state index < -0.39 is 18.2 Å². The van der Waals surface area contributed by atoms with Crippen LogP contribution >= 0.6 is 11.3 Å². The number of ether oxygens (including phenoxy) is 3. The van der Waals surface area contributed by atoms with Crippen molar-refractivity contribution in [1.82, 2.24) is 5.01 Å². The molecule has 2 aromatic carbocycles. The molecule has 1 aromatic heterocycles. The Balaban J connectivity index is 1.81. The largest absolute Gasteiger partial charge is 0.445 e. The van der Waals surface area contributed by atoms with Gasteiger partial charge in [0, 0.05) is 30.9 Å². The normalized spacial score (nSPS) is 15.3. The summed E-state index contributed by atoms with van der Waals surface area (Å²) in [5.74, 6) is -0.624. The highest BCUT2D eigenvalue weighted by Gasteiger charge is 2.38. The van der Waals surface area contributed by atoms with Crippen LogP contribution in [0.4, 0.5) is 0 Å². The van der Waals surface area contributed by atoms with E-state index in [1.165, 1.54) is 37.1 Å². The molecule has 0 spiro atoms. The molecule has 4 rings (SSSR count). The first kappa shape index (κ1) is 21.5. The maximum atomic E-state index is 12.4. The fourth-order valence-corrected chi connectivity index (χ4v) is 4.50. The van der Waals surface area contributed by atoms with E-state index in [1.54, 1.807) is 18.2 Å². The summed E-state index contributed by atoms with van der Waals surface area (Å²) in [6.45, 7) is 5.86. The summed E-state index contributed by atoms with van der Waals surface area (Å²) in [6, 6.07) is 12.6. The summed E-state index contributed by atoms with van der Waals surface area (Å²) in [5, 5.41) is 6.29. The van der Waals surface area contributed by atoms with E-state index in [9.17, 15) is 14.4 Å². The minimum atomic E-state index is -0.944. The molecule has 164 valence electrons. The van der Waals surface area contributed by atoms with Crippen LogP contribution in [0.5, 0.6) is 11.5 Å². The van der Waals surface area contributed by atoms with E-state index in [4.69, 9.17) is 14.2 Å². The molecule has 0 saturated heterocycles. The van der Waals surface area contributed by atoms with Gasteiger partial charge in [0.1, 0.15) is 10.6 Å². The van der Waals surface area contributed by atoms with E-state index in [0.717, 1.165) is 15.6 Å². The van der Waals surface area contributed by atoms with E-state index >= 15 is 0 Å². The number of thiophene rings is 1. The van der Waals surface area contributed by atoms with E-state index in [2.05, 4.69) is 5.10 Å². The van der Waals surface area contributed by atoms with Gasteiger partial charge in [0.05, 0.1) is 5.56 Å². The highest BCUT2D eigenvalue weighted by molar-refractivity contribution is 7.19. The average molecular weight is 452 g/mol. The smallest absolute Gasteiger partial charge is 0.308 e. The van der Waals surface area contributed by atoms with Crippen LogP contribution in [0.1, 0.15) is 43.0 Å². The minimum absolute atomic E-state index is 0.122. The monoisotopic (exact) mass is 452 g/mol. The minimum Gasteiger partial charge on any atom is -0.445 e. The molecule has 0 radical (unpaired) electrons. The quantitative estimate of drug-likeness (QED) is 0.433. The van der Waals surface area contributed by atoms with Crippen LogP contribution in [0.2, 0.25) is 0 Å². The van der Waals surface area contributed by atoms with Crippen molar-refractivity contribution < 1.29 is 28.6 Å². The molecule has 0 saturated carbocycles. The lowest BCUT2D eigenvalue weighted by molar-refractivity contribution is -0.135. The van der Waals surface area contributed by atoms with Gasteiger partial charge in [0.25, 0.3) is 0 Å². The molecule has 0 aliphatic carbocycles. The molecule has 1 atom stereocenters. The third-order valence-corrected chi connectivity index (χ3v) is 5.81. The number of rotatable bonds is 4. The number of amides is 1. The first-order chi connectivity index (χ1) is 15.2. The topological polar surface area (TPSA) is 94.5 Å². The predicted octanol–water partition coefficient (Wildman–Crippen LogP) is 4.30. The SMILES string of the molecule is CC(=O)Oc1ccc(C)cc1C1=NN(C(C)=O)[C@H](c2sc3ccccc3c2OC(C)=O)O1. The number of hydrogen-bond acceptors (Lipinski definition) is 8. The Morgan fingerprint density at radius 2 is 1.75 bits per heavy atom. The van der Waals surface area contributed by atoms with Crippen LogP contribution in [0.3, 0.4) is 0 Å². The molecule has 1 aliphatic heterocycles. The van der Waals surface area contributed by atoms with Gasteiger partial charge in [0.15, 0.2) is 5.75 Å². The fraction of sp³-hybridized carbons (Fsp3) is 0.217. The van der Waals surface area contributed by atoms with Gasteiger partial charge in [-0.1, -0.05) is 23.8 Å². The molecule has 1 amide bonds. The Hall–Kier alpha value is -3.72. The van der Waals surface area contributed by atoms with Crippen LogP contribution in [0.25, 0.3) is 10.1 Å². The van der Waals surface area contributed by atoms with E-state index in [-0.39, 0.29) is 17.6 Å². The van der Waals surface area contributed by atoms with Crippen molar-refractivity contribution in [3.63, 3.8) is 0 Å². The average Bonchev–Trinajstić information content (AvgIpc) is 3.31. The van der Waals surface area contributed by atoms with Crippen molar-refractivity contribution in [1.29, 1.82) is 0 Å². The van der Waals surface area contributed by atoms with E-state index in [0.29, 0.717) is 16.2 Å². The highest BCUT2D eigenvalue weighted by atomic mass is 32.1. The number of hydrogen-bond donors (Lipinski definition) is 0. The Morgan fingerprint density at radius 1 is 1.03 bits per heavy atom. The van der Waals surface area contributed by atoms with Crippen molar-refractivity contribution in [3.8, 4) is 11.5 Å². The second-order valence-electron chi connectivity index (χ2n) is 7.22. The molecule has 0 N–H and O–H groups in total. The molecule has 2 heterocycles. The number of fused-ring (bicyclic) bond motifs is 1. The number of aryl methyl sites for hydroxylation is 1. The van der Waals surface area contributed by atoms with Crippen LogP contribution in [0, 0.1) is 6.92 Å². The van der Waals surface area contributed by atoms with Gasteiger partial charge in [-0.2, -0.15) is 5.01 Å². The molecule has 0 bridgehead atoms. The molecular weight excluding hydrogens is 432 g/mol. The summed E-state index contributed by atoms with van der Waals surface area (Å²) in [5.41, 5.74) is 1.33. The van der Waals surface area contributed by atoms with Crippen LogP contribution in [-0.2, 0) is 19.1 Å². The Bertz CT molecular complexity index is 1280. The zero-order valence-electron chi connectivity index (χ0n) is 17.9. The van der Waals surface area contributed by atoms with Gasteiger partial charge in [-0.15, -0.1) is 16.4 Å². The highest BCUT2D eigenvalue weighted by Crippen LogP contribution is 2.46. The fourth-order valence-electron chi connectivity index (χ4n) is 3.35. The molecule has 3 aromatic rings. The summed E-state index contributed by atoms with van der Waals surface area (Å²) in [6.07, 6.45) is -0.944. The van der Waals surface area contributed by atoms with Gasteiger partial charge < -0.3 is 14.2 Å². The number of carbonyl (C=O) groups excluding carboxylic acids is 3. The molecule has 9 heteroatoms. The van der Waals surface area contributed by atoms with E-state index in [1.807, 2.05) is 31.2 Å². The lowest BCUT2D eigenvalue weighted by Gasteiger charge is -2.19. The second kappa shape index (κ2) is 8.43. The van der Waals surface area contributed by atoms with Gasteiger partial charge in [-0.05, 0) is 31.2 Å². The molecular formula is C23H20N2O6S. The number of carbonyl (C=O) groups is 3. The summed E-state index contributed by atoms with van der Waals surface area (Å²) < 4.78 is 17.8. The third-order valence-electron chi connectivity index (χ3n) is 4.63.